The van der Waals surface area contributed by atoms with Crippen molar-refractivity contribution in [2.75, 3.05) is 21.3 Å². The van der Waals surface area contributed by atoms with Gasteiger partial charge in [-0.2, -0.15) is 0 Å². The molecule has 22 heavy (non-hydrogen) atoms. The quantitative estimate of drug-likeness (QED) is 0.547. The van der Waals surface area contributed by atoms with Gasteiger partial charge in [0.05, 0.1) is 25.1 Å². The maximum Gasteiger partial charge on any atom is 0.203 e. The van der Waals surface area contributed by atoms with E-state index in [1.165, 1.54) is 27.4 Å². The van der Waals surface area contributed by atoms with E-state index >= 15 is 0 Å². The molecule has 1 heterocycles. The van der Waals surface area contributed by atoms with Crippen molar-refractivity contribution in [3.8, 4) is 17.2 Å². The molecule has 2 aromatic rings. The Morgan fingerprint density at radius 1 is 1.09 bits per heavy atom. The van der Waals surface area contributed by atoms with E-state index in [1.54, 1.807) is 29.5 Å². The molecule has 0 aliphatic carbocycles. The normalized spacial score (nSPS) is 10.7. The lowest BCUT2D eigenvalue weighted by Crippen LogP contribution is -2.00. The van der Waals surface area contributed by atoms with Gasteiger partial charge in [-0.25, -0.2) is 0 Å². The number of hydrogen-bond acceptors (Lipinski definition) is 5. The van der Waals surface area contributed by atoms with E-state index in [1.807, 2.05) is 12.1 Å². The molecule has 1 aromatic heterocycles. The molecule has 0 aliphatic rings. The summed E-state index contributed by atoms with van der Waals surface area (Å²) in [6, 6.07) is 7.15. The number of carbonyl (C=O) groups excluding carboxylic acids is 1. The highest BCUT2D eigenvalue weighted by Crippen LogP contribution is 2.38. The predicted molar refractivity (Wildman–Crippen MR) is 91.5 cm³/mol. The minimum atomic E-state index is -0.135. The molecule has 1 aromatic carbocycles. The van der Waals surface area contributed by atoms with Gasteiger partial charge in [0, 0.05) is 10.4 Å². The van der Waals surface area contributed by atoms with Gasteiger partial charge in [-0.3, -0.25) is 4.79 Å². The number of rotatable bonds is 6. The van der Waals surface area contributed by atoms with E-state index in [0.29, 0.717) is 22.8 Å². The molecule has 0 atom stereocenters. The summed E-state index contributed by atoms with van der Waals surface area (Å²) in [5.41, 5.74) is 0.473. The zero-order valence-electron chi connectivity index (χ0n) is 12.4. The maximum atomic E-state index is 12.3. The molecule has 0 aliphatic heterocycles. The molecule has 2 rings (SSSR count). The zero-order valence-corrected chi connectivity index (χ0v) is 14.8. The molecule has 4 nitrogen and oxygen atoms in total. The van der Waals surface area contributed by atoms with Crippen LogP contribution in [-0.4, -0.2) is 27.1 Å². The number of methoxy groups -OCH3 is 3. The van der Waals surface area contributed by atoms with Crippen LogP contribution in [0.15, 0.2) is 34.1 Å². The summed E-state index contributed by atoms with van der Waals surface area (Å²) < 4.78 is 16.8. The second-order valence-corrected chi connectivity index (χ2v) is 6.75. The van der Waals surface area contributed by atoms with Crippen LogP contribution in [0.25, 0.3) is 6.08 Å². The highest BCUT2D eigenvalue weighted by molar-refractivity contribution is 9.11. The van der Waals surface area contributed by atoms with E-state index in [2.05, 4.69) is 15.9 Å². The van der Waals surface area contributed by atoms with E-state index in [9.17, 15) is 4.79 Å². The maximum absolute atomic E-state index is 12.3. The van der Waals surface area contributed by atoms with Crippen LogP contribution >= 0.6 is 27.3 Å². The minimum absolute atomic E-state index is 0.135. The first kappa shape index (κ1) is 16.6. The second-order valence-electron chi connectivity index (χ2n) is 4.25. The number of ether oxygens (including phenoxy) is 3. The van der Waals surface area contributed by atoms with Crippen LogP contribution in [0.2, 0.25) is 0 Å². The number of halogens is 1. The summed E-state index contributed by atoms with van der Waals surface area (Å²) in [4.78, 5) is 13.3. The van der Waals surface area contributed by atoms with Crippen LogP contribution in [-0.2, 0) is 0 Å². The first-order chi connectivity index (χ1) is 10.6. The summed E-state index contributed by atoms with van der Waals surface area (Å²) in [6.45, 7) is 0. The third kappa shape index (κ3) is 3.69. The monoisotopic (exact) mass is 382 g/mol. The molecule has 0 N–H and O–H groups in total. The van der Waals surface area contributed by atoms with Gasteiger partial charge < -0.3 is 14.2 Å². The summed E-state index contributed by atoms with van der Waals surface area (Å²) in [5, 5.41) is 0. The van der Waals surface area contributed by atoms with Gasteiger partial charge in [-0.1, -0.05) is 0 Å². The van der Waals surface area contributed by atoms with Gasteiger partial charge in [0.15, 0.2) is 17.3 Å². The number of thiophene rings is 1. The highest BCUT2D eigenvalue weighted by atomic mass is 79.9. The molecule has 116 valence electrons. The summed E-state index contributed by atoms with van der Waals surface area (Å²) in [7, 11) is 4.56. The topological polar surface area (TPSA) is 44.8 Å². The lowest BCUT2D eigenvalue weighted by Gasteiger charge is -2.13. The van der Waals surface area contributed by atoms with E-state index in [-0.39, 0.29) is 5.78 Å². The molecular weight excluding hydrogens is 368 g/mol. The van der Waals surface area contributed by atoms with Crippen molar-refractivity contribution < 1.29 is 19.0 Å². The van der Waals surface area contributed by atoms with Crippen molar-refractivity contribution in [2.45, 2.75) is 0 Å². The van der Waals surface area contributed by atoms with Crippen molar-refractivity contribution in [1.82, 2.24) is 0 Å². The molecular formula is C16H15BrO4S. The van der Waals surface area contributed by atoms with Gasteiger partial charge in [0.1, 0.15) is 0 Å². The van der Waals surface area contributed by atoms with Crippen LogP contribution in [0.1, 0.15) is 15.2 Å². The molecule has 0 unspecified atom stereocenters. The van der Waals surface area contributed by atoms with Crippen LogP contribution in [0.4, 0.5) is 0 Å². The molecule has 0 bridgehead atoms. The van der Waals surface area contributed by atoms with Crippen LogP contribution in [0, 0.1) is 0 Å². The first-order valence-corrected chi connectivity index (χ1v) is 7.97. The van der Waals surface area contributed by atoms with Crippen LogP contribution < -0.4 is 14.2 Å². The van der Waals surface area contributed by atoms with E-state index in [0.717, 1.165) is 8.66 Å². The molecule has 0 fully saturated rings. The summed E-state index contributed by atoms with van der Waals surface area (Å²) >= 11 is 4.95. The third-order valence-corrected chi connectivity index (χ3v) is 4.53. The SMILES string of the molecule is COc1cc(C(=O)/C=C/c2ccc(Br)s2)cc(OC)c1OC. The number of benzene rings is 1. The van der Waals surface area contributed by atoms with Crippen LogP contribution in [0.5, 0.6) is 17.2 Å². The summed E-state index contributed by atoms with van der Waals surface area (Å²) in [5.74, 6) is 1.24. The average Bonchev–Trinajstić information content (AvgIpc) is 2.96. The highest BCUT2D eigenvalue weighted by Gasteiger charge is 2.15. The molecule has 0 saturated heterocycles. The van der Waals surface area contributed by atoms with E-state index in [4.69, 9.17) is 14.2 Å². The van der Waals surface area contributed by atoms with Gasteiger partial charge in [0.2, 0.25) is 5.75 Å². The van der Waals surface area contributed by atoms with Gasteiger partial charge in [-0.15, -0.1) is 11.3 Å². The van der Waals surface area contributed by atoms with Crippen molar-refractivity contribution in [3.63, 3.8) is 0 Å². The zero-order chi connectivity index (χ0) is 16.1. The number of hydrogen-bond donors (Lipinski definition) is 0. The molecule has 6 heteroatoms. The van der Waals surface area contributed by atoms with Gasteiger partial charge in [0.25, 0.3) is 0 Å². The number of carbonyl (C=O) groups is 1. The molecule has 0 radical (unpaired) electrons. The standard InChI is InChI=1S/C16H15BrO4S/c1-19-13-8-10(9-14(20-2)16(13)21-3)12(18)6-4-11-5-7-15(17)22-11/h4-9H,1-3H3/b6-4+. The van der Waals surface area contributed by atoms with Crippen molar-refractivity contribution >= 4 is 39.1 Å². The Balaban J connectivity index is 2.31. The molecule has 0 spiro atoms. The van der Waals surface area contributed by atoms with Crippen molar-refractivity contribution in [1.29, 1.82) is 0 Å². The minimum Gasteiger partial charge on any atom is -0.493 e. The smallest absolute Gasteiger partial charge is 0.203 e. The predicted octanol–water partition coefficient (Wildman–Crippen LogP) is 4.43. The molecule has 0 saturated carbocycles. The lowest BCUT2D eigenvalue weighted by molar-refractivity contribution is 0.104. The van der Waals surface area contributed by atoms with Crippen molar-refractivity contribution in [2.24, 2.45) is 0 Å². The van der Waals surface area contributed by atoms with E-state index < -0.39 is 0 Å². The second kappa shape index (κ2) is 7.47. The fourth-order valence-electron chi connectivity index (χ4n) is 1.90. The van der Waals surface area contributed by atoms with Crippen molar-refractivity contribution in [3.05, 3.63) is 44.6 Å². The number of ketones is 1. The number of allylic oxidation sites excluding steroid dienone is 1. The Morgan fingerprint density at radius 3 is 2.18 bits per heavy atom. The van der Waals surface area contributed by atoms with Crippen LogP contribution in [0.3, 0.4) is 0 Å². The molecule has 0 amide bonds. The van der Waals surface area contributed by atoms with Gasteiger partial charge in [-0.05, 0) is 52.3 Å². The Labute approximate surface area is 141 Å². The Hall–Kier alpha value is -1.79. The fourth-order valence-corrected chi connectivity index (χ4v) is 3.22. The first-order valence-electron chi connectivity index (χ1n) is 6.36. The largest absolute Gasteiger partial charge is 0.493 e. The Bertz CT molecular complexity index is 681. The average molecular weight is 383 g/mol. The Morgan fingerprint density at radius 2 is 1.73 bits per heavy atom. The summed E-state index contributed by atoms with van der Waals surface area (Å²) in [6.07, 6.45) is 3.31. The fraction of sp³-hybridized carbons (Fsp3) is 0.188. The lowest BCUT2D eigenvalue weighted by atomic mass is 10.1. The Kier molecular flexibility index (Phi) is 5.63. The van der Waals surface area contributed by atoms with Gasteiger partial charge >= 0.3 is 0 Å². The third-order valence-electron chi connectivity index (χ3n) is 2.94.